The minimum absolute atomic E-state index is 0.674. The van der Waals surface area contributed by atoms with Crippen LogP contribution in [0.3, 0.4) is 0 Å². The molecule has 0 saturated carbocycles. The molecule has 0 aliphatic carbocycles. The van der Waals surface area contributed by atoms with E-state index >= 15 is 0 Å². The summed E-state index contributed by atoms with van der Waals surface area (Å²) in [7, 11) is 1.62. The van der Waals surface area contributed by atoms with E-state index in [0.29, 0.717) is 5.69 Å². The quantitative estimate of drug-likeness (QED) is 0.499. The summed E-state index contributed by atoms with van der Waals surface area (Å²) in [6.45, 7) is 0. The Morgan fingerprint density at radius 1 is 1.43 bits per heavy atom. The summed E-state index contributed by atoms with van der Waals surface area (Å²) in [5.41, 5.74) is 7.25. The Balaban J connectivity index is 2.88. The third kappa shape index (κ3) is 3.31. The van der Waals surface area contributed by atoms with Crippen molar-refractivity contribution >= 4 is 21.6 Å². The van der Waals surface area contributed by atoms with E-state index in [-0.39, 0.29) is 0 Å². The predicted octanol–water partition coefficient (Wildman–Crippen LogP) is 2.41. The zero-order valence-corrected chi connectivity index (χ0v) is 9.60. The van der Waals surface area contributed by atoms with Gasteiger partial charge in [0.1, 0.15) is 5.75 Å². The van der Waals surface area contributed by atoms with Crippen molar-refractivity contribution in [3.8, 4) is 17.6 Å². The summed E-state index contributed by atoms with van der Waals surface area (Å²) in [4.78, 5) is 0. The van der Waals surface area contributed by atoms with Crippen LogP contribution in [0.25, 0.3) is 0 Å². The van der Waals surface area contributed by atoms with Crippen molar-refractivity contribution in [1.82, 2.24) is 0 Å². The van der Waals surface area contributed by atoms with Gasteiger partial charge in [-0.1, -0.05) is 27.8 Å². The fourth-order valence-electron chi connectivity index (χ4n) is 1.02. The fourth-order valence-corrected chi connectivity index (χ4v) is 1.22. The molecule has 14 heavy (non-hydrogen) atoms. The lowest BCUT2D eigenvalue weighted by Crippen LogP contribution is -1.89. The van der Waals surface area contributed by atoms with Gasteiger partial charge in [-0.3, -0.25) is 0 Å². The van der Waals surface area contributed by atoms with E-state index in [1.165, 1.54) is 0 Å². The molecule has 0 fully saturated rings. The topological polar surface area (TPSA) is 35.2 Å². The highest BCUT2D eigenvalue weighted by atomic mass is 79.9. The monoisotopic (exact) mass is 253 g/mol. The molecular formula is C11H12BrNO. The van der Waals surface area contributed by atoms with Gasteiger partial charge in [-0.05, 0) is 12.1 Å². The smallest absolute Gasteiger partial charge is 0.122 e. The Hall–Kier alpha value is -1.14. The first-order valence-electron chi connectivity index (χ1n) is 4.25. The first-order valence-corrected chi connectivity index (χ1v) is 5.38. The highest BCUT2D eigenvalue weighted by Gasteiger charge is 1.95. The average Bonchev–Trinajstić information content (AvgIpc) is 2.17. The van der Waals surface area contributed by atoms with E-state index in [9.17, 15) is 0 Å². The van der Waals surface area contributed by atoms with Gasteiger partial charge in [0, 0.05) is 29.1 Å². The molecule has 0 radical (unpaired) electrons. The Labute approximate surface area is 92.6 Å². The van der Waals surface area contributed by atoms with Crippen molar-refractivity contribution < 1.29 is 4.74 Å². The third-order valence-electron chi connectivity index (χ3n) is 1.62. The molecule has 2 nitrogen and oxygen atoms in total. The molecule has 1 rings (SSSR count). The van der Waals surface area contributed by atoms with Crippen LogP contribution in [-0.2, 0) is 0 Å². The molecule has 2 N–H and O–H groups in total. The summed E-state index contributed by atoms with van der Waals surface area (Å²) >= 11 is 3.31. The van der Waals surface area contributed by atoms with Crippen LogP contribution < -0.4 is 10.5 Å². The van der Waals surface area contributed by atoms with Crippen LogP contribution in [0.15, 0.2) is 18.2 Å². The van der Waals surface area contributed by atoms with E-state index < -0.39 is 0 Å². The molecule has 0 amide bonds. The largest absolute Gasteiger partial charge is 0.497 e. The Kier molecular flexibility index (Phi) is 4.34. The van der Waals surface area contributed by atoms with Gasteiger partial charge in [-0.25, -0.2) is 0 Å². The van der Waals surface area contributed by atoms with Crippen molar-refractivity contribution in [2.24, 2.45) is 0 Å². The minimum atomic E-state index is 0.674. The number of halogens is 1. The van der Waals surface area contributed by atoms with Gasteiger partial charge < -0.3 is 10.5 Å². The highest BCUT2D eigenvalue weighted by molar-refractivity contribution is 9.09. The van der Waals surface area contributed by atoms with Crippen LogP contribution in [0.4, 0.5) is 5.69 Å². The second-order valence-electron chi connectivity index (χ2n) is 2.74. The molecule has 1 aromatic rings. The van der Waals surface area contributed by atoms with Crippen molar-refractivity contribution in [1.29, 1.82) is 0 Å². The fraction of sp³-hybridized carbons (Fsp3) is 0.273. The minimum Gasteiger partial charge on any atom is -0.497 e. The molecule has 3 heteroatoms. The van der Waals surface area contributed by atoms with Gasteiger partial charge in [0.05, 0.1) is 7.11 Å². The molecule has 0 spiro atoms. The normalized spacial score (nSPS) is 9.00. The van der Waals surface area contributed by atoms with Crippen molar-refractivity contribution in [2.75, 3.05) is 18.2 Å². The standard InChI is InChI=1S/C11H12BrNO/c1-14-11-7-9(4-2-3-5-12)6-10(13)8-11/h6-8H,3,5,13H2,1H3. The molecule has 0 atom stereocenters. The van der Waals surface area contributed by atoms with Gasteiger partial charge in [-0.15, -0.1) is 0 Å². The molecule has 0 unspecified atom stereocenters. The summed E-state index contributed by atoms with van der Waals surface area (Å²) in [5, 5.41) is 0.888. The molecule has 0 aliphatic heterocycles. The van der Waals surface area contributed by atoms with Crippen LogP contribution >= 0.6 is 15.9 Å². The van der Waals surface area contributed by atoms with Crippen LogP contribution in [0.1, 0.15) is 12.0 Å². The summed E-state index contributed by atoms with van der Waals surface area (Å²) in [6, 6.07) is 5.48. The number of alkyl halides is 1. The van der Waals surface area contributed by atoms with Crippen LogP contribution in [-0.4, -0.2) is 12.4 Å². The van der Waals surface area contributed by atoms with E-state index in [0.717, 1.165) is 23.1 Å². The summed E-state index contributed by atoms with van der Waals surface area (Å²) in [5.74, 6) is 6.79. The summed E-state index contributed by atoms with van der Waals surface area (Å²) in [6.07, 6.45) is 0.830. The van der Waals surface area contributed by atoms with E-state index in [1.807, 2.05) is 12.1 Å². The van der Waals surface area contributed by atoms with Gasteiger partial charge in [0.15, 0.2) is 0 Å². The number of hydrogen-bond acceptors (Lipinski definition) is 2. The maximum absolute atomic E-state index is 5.68. The highest BCUT2D eigenvalue weighted by Crippen LogP contribution is 2.17. The van der Waals surface area contributed by atoms with Crippen molar-refractivity contribution in [3.05, 3.63) is 23.8 Å². The molecule has 0 aromatic heterocycles. The van der Waals surface area contributed by atoms with E-state index in [1.54, 1.807) is 13.2 Å². The molecule has 0 saturated heterocycles. The number of hydrogen-bond donors (Lipinski definition) is 1. The van der Waals surface area contributed by atoms with Crippen molar-refractivity contribution in [3.63, 3.8) is 0 Å². The van der Waals surface area contributed by atoms with Gasteiger partial charge in [0.25, 0.3) is 0 Å². The Bertz CT molecular complexity index is 365. The number of nitrogen functional groups attached to an aromatic ring is 1. The molecular weight excluding hydrogens is 242 g/mol. The second-order valence-corrected chi connectivity index (χ2v) is 3.53. The lowest BCUT2D eigenvalue weighted by atomic mass is 10.2. The first kappa shape index (κ1) is 10.9. The molecule has 0 aliphatic rings. The number of ether oxygens (including phenoxy) is 1. The van der Waals surface area contributed by atoms with Gasteiger partial charge in [-0.2, -0.15) is 0 Å². The molecule has 0 heterocycles. The SMILES string of the molecule is COc1cc(N)cc(C#CCCBr)c1. The van der Waals surface area contributed by atoms with Crippen LogP contribution in [0, 0.1) is 11.8 Å². The lowest BCUT2D eigenvalue weighted by molar-refractivity contribution is 0.415. The Morgan fingerprint density at radius 3 is 2.86 bits per heavy atom. The number of benzene rings is 1. The zero-order valence-electron chi connectivity index (χ0n) is 8.01. The van der Waals surface area contributed by atoms with Gasteiger partial charge in [0.2, 0.25) is 0 Å². The molecule has 0 bridgehead atoms. The number of rotatable bonds is 2. The maximum Gasteiger partial charge on any atom is 0.122 e. The maximum atomic E-state index is 5.68. The number of methoxy groups -OCH3 is 1. The zero-order chi connectivity index (χ0) is 10.4. The van der Waals surface area contributed by atoms with Crippen LogP contribution in [0.2, 0.25) is 0 Å². The first-order chi connectivity index (χ1) is 6.76. The third-order valence-corrected chi connectivity index (χ3v) is 2.01. The predicted molar refractivity (Wildman–Crippen MR) is 62.7 cm³/mol. The average molecular weight is 254 g/mol. The van der Waals surface area contributed by atoms with E-state index in [2.05, 4.69) is 27.8 Å². The van der Waals surface area contributed by atoms with Crippen molar-refractivity contribution in [2.45, 2.75) is 6.42 Å². The number of anilines is 1. The van der Waals surface area contributed by atoms with E-state index in [4.69, 9.17) is 10.5 Å². The second kappa shape index (κ2) is 5.56. The molecule has 74 valence electrons. The molecule has 1 aromatic carbocycles. The summed E-state index contributed by atoms with van der Waals surface area (Å²) < 4.78 is 5.08. The lowest BCUT2D eigenvalue weighted by Gasteiger charge is -2.01. The Morgan fingerprint density at radius 2 is 2.21 bits per heavy atom. The van der Waals surface area contributed by atoms with Crippen LogP contribution in [0.5, 0.6) is 5.75 Å². The van der Waals surface area contributed by atoms with Gasteiger partial charge >= 0.3 is 0 Å². The number of nitrogens with two attached hydrogens (primary N) is 1.